The van der Waals surface area contributed by atoms with Crippen molar-refractivity contribution in [1.29, 1.82) is 0 Å². The number of hydrogen-bond acceptors (Lipinski definition) is 1. The number of hydrogen-bond donors (Lipinski definition) is 1. The Labute approximate surface area is 53.4 Å². The first-order valence-electron chi connectivity index (χ1n) is 3.19. The fraction of sp³-hybridized carbons (Fsp3) is 1.00. The van der Waals surface area contributed by atoms with Gasteiger partial charge in [0.25, 0.3) is 0 Å². The van der Waals surface area contributed by atoms with Crippen molar-refractivity contribution < 1.29 is 8.78 Å². The minimum atomic E-state index is -2.48. The Morgan fingerprint density at radius 3 is 2.44 bits per heavy atom. The molecule has 0 spiro atoms. The zero-order valence-corrected chi connectivity index (χ0v) is 5.45. The first-order valence-corrected chi connectivity index (χ1v) is 3.19. The molecule has 1 fully saturated rings. The molecule has 0 aromatic rings. The Bertz CT molecular complexity index is 91.7. The molecule has 1 N–H and O–H groups in total. The van der Waals surface area contributed by atoms with E-state index in [2.05, 4.69) is 5.32 Å². The van der Waals surface area contributed by atoms with E-state index in [-0.39, 0.29) is 0 Å². The molecular weight excluding hydrogens is 124 g/mol. The maximum absolute atomic E-state index is 12.4. The summed E-state index contributed by atoms with van der Waals surface area (Å²) in [7, 11) is 0. The third-order valence-corrected chi connectivity index (χ3v) is 1.78. The minimum Gasteiger partial charge on any atom is -0.316 e. The van der Waals surface area contributed by atoms with Crippen LogP contribution >= 0.6 is 0 Å². The van der Waals surface area contributed by atoms with Crippen LogP contribution < -0.4 is 5.32 Å². The molecule has 0 aromatic heterocycles. The van der Waals surface area contributed by atoms with Crippen LogP contribution in [0.25, 0.3) is 0 Å². The van der Waals surface area contributed by atoms with E-state index in [0.717, 1.165) is 13.5 Å². The van der Waals surface area contributed by atoms with Gasteiger partial charge in [0.1, 0.15) is 0 Å². The SMILES string of the molecule is CC(F)(F)C1CCNC1. The van der Waals surface area contributed by atoms with Gasteiger partial charge in [-0.3, -0.25) is 0 Å². The van der Waals surface area contributed by atoms with Gasteiger partial charge >= 0.3 is 0 Å². The van der Waals surface area contributed by atoms with Gasteiger partial charge in [-0.15, -0.1) is 0 Å². The zero-order chi connectivity index (χ0) is 6.91. The summed E-state index contributed by atoms with van der Waals surface area (Å²) < 4.78 is 24.8. The minimum absolute atomic E-state index is 0.433. The van der Waals surface area contributed by atoms with Crippen LogP contribution in [-0.2, 0) is 0 Å². The molecule has 1 aliphatic heterocycles. The summed E-state index contributed by atoms with van der Waals surface area (Å²) in [6.45, 7) is 2.21. The van der Waals surface area contributed by atoms with Gasteiger partial charge in [0.15, 0.2) is 0 Å². The second-order valence-corrected chi connectivity index (χ2v) is 2.65. The van der Waals surface area contributed by atoms with Crippen molar-refractivity contribution in [3.8, 4) is 0 Å². The Balaban J connectivity index is 2.42. The van der Waals surface area contributed by atoms with Gasteiger partial charge in [0.05, 0.1) is 0 Å². The molecule has 1 aliphatic rings. The lowest BCUT2D eigenvalue weighted by Gasteiger charge is -2.16. The van der Waals surface area contributed by atoms with E-state index in [0.29, 0.717) is 13.0 Å². The molecule has 1 atom stereocenters. The normalized spacial score (nSPS) is 29.0. The van der Waals surface area contributed by atoms with Gasteiger partial charge in [-0.1, -0.05) is 0 Å². The van der Waals surface area contributed by atoms with Crippen LogP contribution in [0.5, 0.6) is 0 Å². The zero-order valence-electron chi connectivity index (χ0n) is 5.45. The fourth-order valence-electron chi connectivity index (χ4n) is 1.09. The average Bonchev–Trinajstić information content (AvgIpc) is 2.08. The summed E-state index contributed by atoms with van der Waals surface area (Å²) in [4.78, 5) is 0. The van der Waals surface area contributed by atoms with E-state index in [4.69, 9.17) is 0 Å². The molecule has 0 amide bonds. The summed E-state index contributed by atoms with van der Waals surface area (Å²) >= 11 is 0. The predicted molar refractivity (Wildman–Crippen MR) is 31.6 cm³/mol. The monoisotopic (exact) mass is 135 g/mol. The van der Waals surface area contributed by atoms with Crippen LogP contribution in [0.4, 0.5) is 8.78 Å². The van der Waals surface area contributed by atoms with E-state index < -0.39 is 11.8 Å². The van der Waals surface area contributed by atoms with Crippen LogP contribution in [0.3, 0.4) is 0 Å². The molecule has 0 bridgehead atoms. The van der Waals surface area contributed by atoms with E-state index in [9.17, 15) is 8.78 Å². The van der Waals surface area contributed by atoms with E-state index in [1.165, 1.54) is 0 Å². The van der Waals surface area contributed by atoms with Crippen LogP contribution in [0, 0.1) is 5.92 Å². The average molecular weight is 135 g/mol. The molecule has 54 valence electrons. The highest BCUT2D eigenvalue weighted by Crippen LogP contribution is 2.27. The lowest BCUT2D eigenvalue weighted by Crippen LogP contribution is -2.26. The van der Waals surface area contributed by atoms with E-state index in [1.54, 1.807) is 0 Å². The van der Waals surface area contributed by atoms with Gasteiger partial charge < -0.3 is 5.32 Å². The highest BCUT2D eigenvalue weighted by atomic mass is 19.3. The lowest BCUT2D eigenvalue weighted by atomic mass is 10.0. The van der Waals surface area contributed by atoms with Crippen LogP contribution in [0.1, 0.15) is 13.3 Å². The van der Waals surface area contributed by atoms with E-state index in [1.807, 2.05) is 0 Å². The molecule has 0 aliphatic carbocycles. The first kappa shape index (κ1) is 6.93. The van der Waals surface area contributed by atoms with Gasteiger partial charge in [0.2, 0.25) is 5.92 Å². The highest BCUT2D eigenvalue weighted by Gasteiger charge is 2.35. The van der Waals surface area contributed by atoms with Gasteiger partial charge in [-0.2, -0.15) is 0 Å². The smallest absolute Gasteiger partial charge is 0.249 e. The van der Waals surface area contributed by atoms with Gasteiger partial charge in [0, 0.05) is 12.5 Å². The predicted octanol–water partition coefficient (Wildman–Crippen LogP) is 1.25. The number of alkyl halides is 2. The van der Waals surface area contributed by atoms with Crippen molar-refractivity contribution in [2.75, 3.05) is 13.1 Å². The van der Waals surface area contributed by atoms with E-state index >= 15 is 0 Å². The van der Waals surface area contributed by atoms with Gasteiger partial charge in [-0.25, -0.2) is 8.78 Å². The highest BCUT2D eigenvalue weighted by molar-refractivity contribution is 4.80. The second kappa shape index (κ2) is 2.21. The summed E-state index contributed by atoms with van der Waals surface area (Å²) in [6, 6.07) is 0. The van der Waals surface area contributed by atoms with Crippen molar-refractivity contribution in [2.45, 2.75) is 19.3 Å². The largest absolute Gasteiger partial charge is 0.316 e. The Morgan fingerprint density at radius 2 is 2.22 bits per heavy atom. The Kier molecular flexibility index (Phi) is 1.70. The number of rotatable bonds is 1. The molecule has 1 unspecified atom stereocenters. The summed E-state index contributed by atoms with van der Waals surface area (Å²) in [5, 5.41) is 2.90. The summed E-state index contributed by atoms with van der Waals surface area (Å²) in [6.07, 6.45) is 0.615. The molecule has 1 nitrogen and oxygen atoms in total. The van der Waals surface area contributed by atoms with Crippen molar-refractivity contribution in [3.63, 3.8) is 0 Å². The molecular formula is C6H11F2N. The van der Waals surface area contributed by atoms with Crippen molar-refractivity contribution in [1.82, 2.24) is 5.32 Å². The van der Waals surface area contributed by atoms with Gasteiger partial charge in [-0.05, 0) is 19.9 Å². The van der Waals surface area contributed by atoms with Crippen LogP contribution in [0.15, 0.2) is 0 Å². The Morgan fingerprint density at radius 1 is 1.56 bits per heavy atom. The molecule has 9 heavy (non-hydrogen) atoms. The fourth-order valence-corrected chi connectivity index (χ4v) is 1.09. The summed E-state index contributed by atoms with van der Waals surface area (Å²) in [5.74, 6) is -2.92. The third-order valence-electron chi connectivity index (χ3n) is 1.78. The molecule has 3 heteroatoms. The first-order chi connectivity index (χ1) is 4.11. The van der Waals surface area contributed by atoms with Crippen LogP contribution in [-0.4, -0.2) is 19.0 Å². The molecule has 1 rings (SSSR count). The topological polar surface area (TPSA) is 12.0 Å². The van der Waals surface area contributed by atoms with Crippen molar-refractivity contribution in [3.05, 3.63) is 0 Å². The molecule has 1 heterocycles. The maximum atomic E-state index is 12.4. The quantitative estimate of drug-likeness (QED) is 0.570. The van der Waals surface area contributed by atoms with Crippen molar-refractivity contribution in [2.24, 2.45) is 5.92 Å². The lowest BCUT2D eigenvalue weighted by molar-refractivity contribution is -0.0314. The molecule has 0 aromatic carbocycles. The van der Waals surface area contributed by atoms with Crippen LogP contribution in [0.2, 0.25) is 0 Å². The summed E-state index contributed by atoms with van der Waals surface area (Å²) in [5.41, 5.74) is 0. The van der Waals surface area contributed by atoms with Crippen molar-refractivity contribution >= 4 is 0 Å². The molecule has 0 radical (unpaired) electrons. The number of halogens is 2. The standard InChI is InChI=1S/C6H11F2N/c1-6(7,8)5-2-3-9-4-5/h5,9H,2-4H2,1H3. The molecule has 1 saturated heterocycles. The maximum Gasteiger partial charge on any atom is 0.249 e. The molecule has 0 saturated carbocycles. The Hall–Kier alpha value is -0.180. The third kappa shape index (κ3) is 1.61. The number of nitrogens with one attached hydrogen (secondary N) is 1. The second-order valence-electron chi connectivity index (χ2n) is 2.65.